The molecular formula is C12H25N3O. The van der Waals surface area contributed by atoms with E-state index in [-0.39, 0.29) is 5.91 Å². The van der Waals surface area contributed by atoms with Crippen LogP contribution in [0.3, 0.4) is 0 Å². The first-order chi connectivity index (χ1) is 7.69. The zero-order valence-corrected chi connectivity index (χ0v) is 10.8. The molecule has 0 radical (unpaired) electrons. The molecule has 0 spiro atoms. The highest BCUT2D eigenvalue weighted by Gasteiger charge is 2.24. The van der Waals surface area contributed by atoms with E-state index >= 15 is 0 Å². The summed E-state index contributed by atoms with van der Waals surface area (Å²) >= 11 is 0. The zero-order valence-electron chi connectivity index (χ0n) is 10.8. The first kappa shape index (κ1) is 13.5. The van der Waals surface area contributed by atoms with Gasteiger partial charge < -0.3 is 9.80 Å². The minimum atomic E-state index is 0.246. The summed E-state index contributed by atoms with van der Waals surface area (Å²) in [5.74, 6) is 0.246. The van der Waals surface area contributed by atoms with Gasteiger partial charge in [-0.05, 0) is 39.4 Å². The maximum Gasteiger partial charge on any atom is 0.237 e. The third-order valence-electron chi connectivity index (χ3n) is 3.40. The van der Waals surface area contributed by atoms with Gasteiger partial charge in [0.1, 0.15) is 0 Å². The average Bonchev–Trinajstić information content (AvgIpc) is 2.70. The molecule has 1 rings (SSSR count). The summed E-state index contributed by atoms with van der Waals surface area (Å²) in [4.78, 5) is 15.9. The lowest BCUT2D eigenvalue weighted by Crippen LogP contribution is -2.36. The van der Waals surface area contributed by atoms with Crippen LogP contribution in [0.5, 0.6) is 0 Å². The van der Waals surface area contributed by atoms with Gasteiger partial charge >= 0.3 is 0 Å². The van der Waals surface area contributed by atoms with Crippen LogP contribution >= 0.6 is 0 Å². The van der Waals surface area contributed by atoms with Gasteiger partial charge in [0.25, 0.3) is 0 Å². The highest BCUT2D eigenvalue weighted by Crippen LogP contribution is 2.09. The monoisotopic (exact) mass is 227 g/mol. The number of nitrogens with zero attached hydrogens (tertiary/aromatic N) is 2. The Kier molecular flexibility index (Phi) is 5.77. The van der Waals surface area contributed by atoms with E-state index in [0.717, 1.165) is 32.7 Å². The Morgan fingerprint density at radius 1 is 1.44 bits per heavy atom. The highest BCUT2D eigenvalue weighted by molar-refractivity contribution is 5.80. The molecule has 0 aliphatic carbocycles. The molecule has 1 fully saturated rings. The number of rotatable bonds is 7. The van der Waals surface area contributed by atoms with Crippen molar-refractivity contribution in [2.45, 2.75) is 39.7 Å². The second-order valence-electron chi connectivity index (χ2n) is 4.47. The fourth-order valence-corrected chi connectivity index (χ4v) is 2.18. The zero-order chi connectivity index (χ0) is 12.0. The molecule has 0 saturated carbocycles. The van der Waals surface area contributed by atoms with Crippen LogP contribution in [0.25, 0.3) is 0 Å². The standard InChI is InChI=1S/C12H25N3O/c1-4-14(5-2)8-6-7-11(3)15-10-13-9-12(15)16/h11,13H,4-10H2,1-3H3. The van der Waals surface area contributed by atoms with Crippen LogP contribution in [0.2, 0.25) is 0 Å². The molecule has 1 N–H and O–H groups in total. The maximum absolute atomic E-state index is 11.5. The van der Waals surface area contributed by atoms with Gasteiger partial charge in [0, 0.05) is 6.04 Å². The van der Waals surface area contributed by atoms with Crippen molar-refractivity contribution in [3.63, 3.8) is 0 Å². The topological polar surface area (TPSA) is 35.6 Å². The lowest BCUT2D eigenvalue weighted by molar-refractivity contribution is -0.128. The lowest BCUT2D eigenvalue weighted by Gasteiger charge is -2.25. The second-order valence-corrected chi connectivity index (χ2v) is 4.47. The molecule has 1 atom stereocenters. The van der Waals surface area contributed by atoms with E-state index in [1.165, 1.54) is 6.42 Å². The first-order valence-corrected chi connectivity index (χ1v) is 6.41. The van der Waals surface area contributed by atoms with Crippen molar-refractivity contribution in [3.05, 3.63) is 0 Å². The minimum absolute atomic E-state index is 0.246. The number of nitrogens with one attached hydrogen (secondary N) is 1. The summed E-state index contributed by atoms with van der Waals surface area (Å²) in [6, 6.07) is 0.373. The molecule has 1 amide bonds. The van der Waals surface area contributed by atoms with Gasteiger partial charge in [-0.2, -0.15) is 0 Å². The van der Waals surface area contributed by atoms with E-state index < -0.39 is 0 Å². The summed E-state index contributed by atoms with van der Waals surface area (Å²) in [6.07, 6.45) is 2.27. The molecule has 4 nitrogen and oxygen atoms in total. The van der Waals surface area contributed by atoms with E-state index in [4.69, 9.17) is 0 Å². The summed E-state index contributed by atoms with van der Waals surface area (Å²) < 4.78 is 0. The number of hydrogen-bond donors (Lipinski definition) is 1. The van der Waals surface area contributed by atoms with Crippen molar-refractivity contribution in [1.29, 1.82) is 0 Å². The van der Waals surface area contributed by atoms with E-state index in [1.54, 1.807) is 0 Å². The third kappa shape index (κ3) is 3.76. The fraction of sp³-hybridized carbons (Fsp3) is 0.917. The van der Waals surface area contributed by atoms with Crippen molar-refractivity contribution in [2.75, 3.05) is 32.8 Å². The van der Waals surface area contributed by atoms with Crippen molar-refractivity contribution in [3.8, 4) is 0 Å². The Morgan fingerprint density at radius 3 is 2.62 bits per heavy atom. The molecule has 1 unspecified atom stereocenters. The van der Waals surface area contributed by atoms with Crippen LogP contribution in [0.1, 0.15) is 33.6 Å². The number of hydrogen-bond acceptors (Lipinski definition) is 3. The van der Waals surface area contributed by atoms with Crippen LogP contribution in [0, 0.1) is 0 Å². The molecule has 16 heavy (non-hydrogen) atoms. The third-order valence-corrected chi connectivity index (χ3v) is 3.40. The van der Waals surface area contributed by atoms with Crippen LogP contribution in [-0.2, 0) is 4.79 Å². The van der Waals surface area contributed by atoms with E-state index in [1.807, 2.05) is 4.90 Å². The Balaban J connectivity index is 2.19. The molecular weight excluding hydrogens is 202 g/mol. The predicted octanol–water partition coefficient (Wildman–Crippen LogP) is 0.886. The Morgan fingerprint density at radius 2 is 2.12 bits per heavy atom. The van der Waals surface area contributed by atoms with Gasteiger partial charge in [-0.1, -0.05) is 13.8 Å². The highest BCUT2D eigenvalue weighted by atomic mass is 16.2. The number of carbonyl (C=O) groups excluding carboxylic acids is 1. The van der Waals surface area contributed by atoms with Crippen LogP contribution in [0.4, 0.5) is 0 Å². The molecule has 1 aliphatic heterocycles. The average molecular weight is 227 g/mol. The van der Waals surface area contributed by atoms with Crippen LogP contribution in [-0.4, -0.2) is 54.6 Å². The molecule has 0 bridgehead atoms. The van der Waals surface area contributed by atoms with Gasteiger partial charge in [-0.15, -0.1) is 0 Å². The fourth-order valence-electron chi connectivity index (χ4n) is 2.18. The number of carbonyl (C=O) groups is 1. The largest absolute Gasteiger partial charge is 0.326 e. The molecule has 1 saturated heterocycles. The van der Waals surface area contributed by atoms with Gasteiger partial charge in [0.15, 0.2) is 0 Å². The molecule has 0 aromatic carbocycles. The minimum Gasteiger partial charge on any atom is -0.326 e. The summed E-state index contributed by atoms with van der Waals surface area (Å²) in [5.41, 5.74) is 0. The van der Waals surface area contributed by atoms with Crippen molar-refractivity contribution >= 4 is 5.91 Å². The second kappa shape index (κ2) is 6.86. The summed E-state index contributed by atoms with van der Waals surface area (Å²) in [7, 11) is 0. The Bertz CT molecular complexity index is 216. The molecule has 0 aromatic rings. The van der Waals surface area contributed by atoms with Gasteiger partial charge in [0.05, 0.1) is 13.2 Å². The van der Waals surface area contributed by atoms with Crippen molar-refractivity contribution in [2.24, 2.45) is 0 Å². The first-order valence-electron chi connectivity index (χ1n) is 6.41. The van der Waals surface area contributed by atoms with Crippen LogP contribution in [0.15, 0.2) is 0 Å². The normalized spacial score (nSPS) is 18.5. The van der Waals surface area contributed by atoms with E-state index in [2.05, 4.69) is 31.0 Å². The summed E-state index contributed by atoms with van der Waals surface area (Å²) in [6.45, 7) is 11.2. The smallest absolute Gasteiger partial charge is 0.237 e. The van der Waals surface area contributed by atoms with Crippen LogP contribution < -0.4 is 5.32 Å². The molecule has 4 heteroatoms. The SMILES string of the molecule is CCN(CC)CCCC(C)N1CNCC1=O. The summed E-state index contributed by atoms with van der Waals surface area (Å²) in [5, 5.41) is 3.09. The van der Waals surface area contributed by atoms with Gasteiger partial charge in [0.2, 0.25) is 5.91 Å². The molecule has 94 valence electrons. The van der Waals surface area contributed by atoms with E-state index in [0.29, 0.717) is 12.6 Å². The Hall–Kier alpha value is -0.610. The number of amides is 1. The lowest BCUT2D eigenvalue weighted by atomic mass is 10.1. The van der Waals surface area contributed by atoms with Crippen molar-refractivity contribution in [1.82, 2.24) is 15.1 Å². The Labute approximate surface area is 99.0 Å². The molecule has 1 aliphatic rings. The van der Waals surface area contributed by atoms with Crippen molar-refractivity contribution < 1.29 is 4.79 Å². The molecule has 0 aromatic heterocycles. The molecule has 1 heterocycles. The quantitative estimate of drug-likeness (QED) is 0.701. The maximum atomic E-state index is 11.5. The van der Waals surface area contributed by atoms with Gasteiger partial charge in [-0.3, -0.25) is 10.1 Å². The van der Waals surface area contributed by atoms with E-state index in [9.17, 15) is 4.79 Å². The van der Waals surface area contributed by atoms with Gasteiger partial charge in [-0.25, -0.2) is 0 Å². The predicted molar refractivity (Wildman–Crippen MR) is 66.2 cm³/mol.